The van der Waals surface area contributed by atoms with E-state index < -0.39 is 0 Å². The van der Waals surface area contributed by atoms with Gasteiger partial charge in [-0.3, -0.25) is 0 Å². The fraction of sp³-hybridized carbons (Fsp3) is 0.625. The zero-order valence-electron chi connectivity index (χ0n) is 13.1. The molecule has 4 heteroatoms. The largest absolute Gasteiger partial charge is 0.308 e. The van der Waals surface area contributed by atoms with E-state index in [1.165, 1.54) is 5.56 Å². The molecule has 0 aliphatic rings. The van der Waals surface area contributed by atoms with E-state index in [0.29, 0.717) is 28.0 Å². The number of halogens is 2. The first-order valence-electron chi connectivity index (χ1n) is 7.20. The van der Waals surface area contributed by atoms with Crippen molar-refractivity contribution in [2.24, 2.45) is 5.92 Å². The van der Waals surface area contributed by atoms with Crippen LogP contribution in [0.2, 0.25) is 10.0 Å². The second-order valence-electron chi connectivity index (χ2n) is 5.91. The SMILES string of the molecule is CCC(NC(CN(C)C)C(C)C)c1ccc(Cl)c(Cl)c1. The van der Waals surface area contributed by atoms with Gasteiger partial charge >= 0.3 is 0 Å². The van der Waals surface area contributed by atoms with Gasteiger partial charge in [0.15, 0.2) is 0 Å². The van der Waals surface area contributed by atoms with Crippen molar-refractivity contribution in [1.29, 1.82) is 0 Å². The van der Waals surface area contributed by atoms with Gasteiger partial charge in [-0.2, -0.15) is 0 Å². The summed E-state index contributed by atoms with van der Waals surface area (Å²) in [5, 5.41) is 4.99. The van der Waals surface area contributed by atoms with Gasteiger partial charge < -0.3 is 10.2 Å². The van der Waals surface area contributed by atoms with E-state index in [0.717, 1.165) is 13.0 Å². The third-order valence-electron chi connectivity index (χ3n) is 3.54. The van der Waals surface area contributed by atoms with Crippen LogP contribution in [0.1, 0.15) is 38.8 Å². The Balaban J connectivity index is 2.85. The molecule has 0 radical (unpaired) electrons. The topological polar surface area (TPSA) is 15.3 Å². The maximum absolute atomic E-state index is 6.13. The van der Waals surface area contributed by atoms with E-state index in [9.17, 15) is 0 Å². The molecule has 0 spiro atoms. The van der Waals surface area contributed by atoms with Crippen LogP contribution in [0.3, 0.4) is 0 Å². The Morgan fingerprint density at radius 1 is 1.15 bits per heavy atom. The summed E-state index contributed by atoms with van der Waals surface area (Å²) in [6.45, 7) is 7.72. The zero-order chi connectivity index (χ0) is 15.3. The van der Waals surface area contributed by atoms with Gasteiger partial charge in [0.05, 0.1) is 10.0 Å². The van der Waals surface area contributed by atoms with Gasteiger partial charge in [0, 0.05) is 18.6 Å². The molecule has 0 aliphatic carbocycles. The van der Waals surface area contributed by atoms with Crippen molar-refractivity contribution < 1.29 is 0 Å². The summed E-state index contributed by atoms with van der Waals surface area (Å²) < 4.78 is 0. The Labute approximate surface area is 133 Å². The Morgan fingerprint density at radius 3 is 2.25 bits per heavy atom. The summed E-state index contributed by atoms with van der Waals surface area (Å²) in [6, 6.07) is 6.65. The van der Waals surface area contributed by atoms with Crippen molar-refractivity contribution >= 4 is 23.2 Å². The Kier molecular flexibility index (Phi) is 7.32. The highest BCUT2D eigenvalue weighted by molar-refractivity contribution is 6.42. The number of likely N-dealkylation sites (N-methyl/N-ethyl adjacent to an activating group) is 1. The molecular weight excluding hydrogens is 291 g/mol. The molecule has 2 atom stereocenters. The molecule has 1 aromatic carbocycles. The van der Waals surface area contributed by atoms with E-state index in [1.54, 1.807) is 0 Å². The standard InChI is InChI=1S/C16H26Cl2N2/c1-6-15(12-7-8-13(17)14(18)9-12)19-16(11(2)3)10-20(4)5/h7-9,11,15-16,19H,6,10H2,1-5H3. The van der Waals surface area contributed by atoms with Gasteiger partial charge in [-0.05, 0) is 44.1 Å². The Morgan fingerprint density at radius 2 is 1.80 bits per heavy atom. The van der Waals surface area contributed by atoms with Crippen molar-refractivity contribution in [3.05, 3.63) is 33.8 Å². The molecule has 2 nitrogen and oxygen atoms in total. The molecule has 0 saturated heterocycles. The normalized spacial score (nSPS) is 14.8. The van der Waals surface area contributed by atoms with E-state index in [1.807, 2.05) is 12.1 Å². The van der Waals surface area contributed by atoms with Gasteiger partial charge in [-0.25, -0.2) is 0 Å². The van der Waals surface area contributed by atoms with Crippen LogP contribution in [0, 0.1) is 5.92 Å². The minimum absolute atomic E-state index is 0.303. The molecule has 0 bridgehead atoms. The summed E-state index contributed by atoms with van der Waals surface area (Å²) in [6.07, 6.45) is 1.02. The number of hydrogen-bond donors (Lipinski definition) is 1. The molecule has 0 heterocycles. The molecule has 114 valence electrons. The molecule has 1 rings (SSSR count). The van der Waals surface area contributed by atoms with Crippen molar-refractivity contribution in [2.45, 2.75) is 39.3 Å². The number of benzene rings is 1. The fourth-order valence-electron chi connectivity index (χ4n) is 2.29. The van der Waals surface area contributed by atoms with Crippen molar-refractivity contribution in [3.63, 3.8) is 0 Å². The van der Waals surface area contributed by atoms with E-state index in [4.69, 9.17) is 23.2 Å². The Hall–Kier alpha value is -0.280. The molecule has 0 aliphatic heterocycles. The van der Waals surface area contributed by atoms with Gasteiger partial charge in [0.2, 0.25) is 0 Å². The van der Waals surface area contributed by atoms with Crippen LogP contribution in [0.4, 0.5) is 0 Å². The Bertz CT molecular complexity index is 419. The number of nitrogens with zero attached hydrogens (tertiary/aromatic N) is 1. The van der Waals surface area contributed by atoms with Crippen molar-refractivity contribution in [1.82, 2.24) is 10.2 Å². The molecule has 0 amide bonds. The van der Waals surface area contributed by atoms with Gasteiger partial charge in [0.1, 0.15) is 0 Å². The summed E-state index contributed by atoms with van der Waals surface area (Å²) in [4.78, 5) is 2.22. The average Bonchev–Trinajstić information content (AvgIpc) is 2.37. The smallest absolute Gasteiger partial charge is 0.0595 e. The highest BCUT2D eigenvalue weighted by Crippen LogP contribution is 2.27. The summed E-state index contributed by atoms with van der Waals surface area (Å²) in [5.74, 6) is 0.578. The van der Waals surface area contributed by atoms with E-state index >= 15 is 0 Å². The second kappa shape index (κ2) is 8.23. The van der Waals surface area contributed by atoms with Gasteiger partial charge in [-0.1, -0.05) is 50.0 Å². The maximum Gasteiger partial charge on any atom is 0.0595 e. The highest BCUT2D eigenvalue weighted by Gasteiger charge is 2.19. The van der Waals surface area contributed by atoms with E-state index in [-0.39, 0.29) is 0 Å². The molecule has 0 fully saturated rings. The first-order chi connectivity index (χ1) is 9.35. The molecule has 0 saturated carbocycles. The van der Waals surface area contributed by atoms with Crippen LogP contribution >= 0.6 is 23.2 Å². The lowest BCUT2D eigenvalue weighted by molar-refractivity contribution is 0.267. The van der Waals surface area contributed by atoms with Crippen LogP contribution in [0.25, 0.3) is 0 Å². The summed E-state index contributed by atoms with van der Waals surface area (Å²) in [7, 11) is 4.22. The third-order valence-corrected chi connectivity index (χ3v) is 4.28. The van der Waals surface area contributed by atoms with Crippen LogP contribution < -0.4 is 5.32 Å². The second-order valence-corrected chi connectivity index (χ2v) is 6.73. The molecule has 0 aromatic heterocycles. The van der Waals surface area contributed by atoms with Crippen LogP contribution in [0.5, 0.6) is 0 Å². The quantitative estimate of drug-likeness (QED) is 0.789. The monoisotopic (exact) mass is 316 g/mol. The van der Waals surface area contributed by atoms with Gasteiger partial charge in [0.25, 0.3) is 0 Å². The molecule has 1 aromatic rings. The maximum atomic E-state index is 6.13. The van der Waals surface area contributed by atoms with Crippen molar-refractivity contribution in [2.75, 3.05) is 20.6 Å². The minimum Gasteiger partial charge on any atom is -0.308 e. The molecule has 1 N–H and O–H groups in total. The summed E-state index contributed by atoms with van der Waals surface area (Å²) in [5.41, 5.74) is 1.20. The highest BCUT2D eigenvalue weighted by atomic mass is 35.5. The summed E-state index contributed by atoms with van der Waals surface area (Å²) >= 11 is 12.1. The molecule has 2 unspecified atom stereocenters. The van der Waals surface area contributed by atoms with Crippen LogP contribution in [-0.4, -0.2) is 31.6 Å². The predicted octanol–water partition coefficient (Wildman–Crippen LogP) is 4.62. The average molecular weight is 317 g/mol. The van der Waals surface area contributed by atoms with Crippen LogP contribution in [-0.2, 0) is 0 Å². The van der Waals surface area contributed by atoms with Crippen molar-refractivity contribution in [3.8, 4) is 0 Å². The predicted molar refractivity (Wildman–Crippen MR) is 89.8 cm³/mol. The number of rotatable bonds is 7. The minimum atomic E-state index is 0.303. The number of hydrogen-bond acceptors (Lipinski definition) is 2. The molecule has 20 heavy (non-hydrogen) atoms. The number of nitrogens with one attached hydrogen (secondary N) is 1. The first kappa shape index (κ1) is 17.8. The lowest BCUT2D eigenvalue weighted by Crippen LogP contribution is -2.43. The fourth-order valence-corrected chi connectivity index (χ4v) is 2.59. The third kappa shape index (κ3) is 5.25. The lowest BCUT2D eigenvalue weighted by atomic mass is 9.98. The molecular formula is C16H26Cl2N2. The van der Waals surface area contributed by atoms with Gasteiger partial charge in [-0.15, -0.1) is 0 Å². The first-order valence-corrected chi connectivity index (χ1v) is 7.96. The van der Waals surface area contributed by atoms with Crippen LogP contribution in [0.15, 0.2) is 18.2 Å². The van der Waals surface area contributed by atoms with E-state index in [2.05, 4.69) is 51.1 Å². The zero-order valence-corrected chi connectivity index (χ0v) is 14.6. The lowest BCUT2D eigenvalue weighted by Gasteiger charge is -2.30.